The van der Waals surface area contributed by atoms with Crippen LogP contribution in [0.4, 0.5) is 0 Å². The van der Waals surface area contributed by atoms with E-state index in [1.54, 1.807) is 0 Å². The molecular formula is C20H30O2. The summed E-state index contributed by atoms with van der Waals surface area (Å²) in [6, 6.07) is 4.02. The van der Waals surface area contributed by atoms with Crippen LogP contribution in [0, 0.1) is 11.3 Å². The summed E-state index contributed by atoms with van der Waals surface area (Å²) in [5.74, 6) is 1.14. The van der Waals surface area contributed by atoms with E-state index in [0.29, 0.717) is 11.7 Å². The first-order valence-corrected chi connectivity index (χ1v) is 8.72. The van der Waals surface area contributed by atoms with Crippen molar-refractivity contribution in [1.29, 1.82) is 0 Å². The molecule has 2 nitrogen and oxygen atoms in total. The molecule has 1 aromatic rings. The molecule has 0 spiro atoms. The first-order valence-electron chi connectivity index (χ1n) is 8.72. The third-order valence-corrected chi connectivity index (χ3v) is 6.48. The molecule has 122 valence electrons. The standard InChI is InChI=1S/C20H30O2/c1-12(2)13-9-14-15(10-16(13)21)20(5)8-6-7-19(3,4)18(20)11-17(14)22/h9-10,12,17-18,21-22H,6-8,11H2,1-5H3/t17-,18+,20-/m1/s1. The maximum Gasteiger partial charge on any atom is 0.119 e. The first-order chi connectivity index (χ1) is 10.2. The SMILES string of the molecule is CC(C)c1cc2c(cc1O)[C@@]1(C)CCCC(C)(C)[C@@H]1C[C@H]2O. The van der Waals surface area contributed by atoms with Gasteiger partial charge in [-0.15, -0.1) is 0 Å². The number of aliphatic hydroxyl groups is 1. The molecule has 0 unspecified atom stereocenters. The van der Waals surface area contributed by atoms with Gasteiger partial charge in [0.15, 0.2) is 0 Å². The van der Waals surface area contributed by atoms with Crippen LogP contribution in [0.25, 0.3) is 0 Å². The lowest BCUT2D eigenvalue weighted by molar-refractivity contribution is -0.00689. The minimum Gasteiger partial charge on any atom is -0.508 e. The Labute approximate surface area is 134 Å². The van der Waals surface area contributed by atoms with Crippen LogP contribution in [-0.4, -0.2) is 10.2 Å². The zero-order valence-electron chi connectivity index (χ0n) is 14.6. The van der Waals surface area contributed by atoms with E-state index < -0.39 is 6.10 Å². The van der Waals surface area contributed by atoms with Gasteiger partial charge in [-0.3, -0.25) is 0 Å². The highest BCUT2D eigenvalue weighted by Crippen LogP contribution is 2.59. The number of aliphatic hydroxyl groups excluding tert-OH is 1. The molecule has 1 fully saturated rings. The first kappa shape index (κ1) is 15.9. The maximum absolute atomic E-state index is 10.8. The Hall–Kier alpha value is -1.02. The highest BCUT2D eigenvalue weighted by molar-refractivity contribution is 5.49. The van der Waals surface area contributed by atoms with Gasteiger partial charge in [0.2, 0.25) is 0 Å². The monoisotopic (exact) mass is 302 g/mol. The van der Waals surface area contributed by atoms with Crippen LogP contribution < -0.4 is 0 Å². The van der Waals surface area contributed by atoms with Gasteiger partial charge in [0.05, 0.1) is 6.10 Å². The zero-order valence-corrected chi connectivity index (χ0v) is 14.6. The molecule has 2 aliphatic rings. The molecule has 0 radical (unpaired) electrons. The van der Waals surface area contributed by atoms with Crippen LogP contribution in [0.2, 0.25) is 0 Å². The molecule has 2 heteroatoms. The van der Waals surface area contributed by atoms with Crippen molar-refractivity contribution >= 4 is 0 Å². The molecule has 2 aliphatic carbocycles. The van der Waals surface area contributed by atoms with Gasteiger partial charge < -0.3 is 10.2 Å². The second kappa shape index (κ2) is 4.99. The number of phenolic OH excluding ortho intramolecular Hbond substituents is 1. The smallest absolute Gasteiger partial charge is 0.119 e. The zero-order chi connectivity index (χ0) is 16.3. The second-order valence-electron chi connectivity index (χ2n) is 8.72. The fourth-order valence-corrected chi connectivity index (χ4v) is 5.23. The average molecular weight is 302 g/mol. The Bertz CT molecular complexity index is 588. The maximum atomic E-state index is 10.8. The third-order valence-electron chi connectivity index (χ3n) is 6.48. The van der Waals surface area contributed by atoms with E-state index in [2.05, 4.69) is 40.7 Å². The van der Waals surface area contributed by atoms with Gasteiger partial charge in [0.25, 0.3) is 0 Å². The van der Waals surface area contributed by atoms with Gasteiger partial charge in [0, 0.05) is 0 Å². The fourth-order valence-electron chi connectivity index (χ4n) is 5.23. The van der Waals surface area contributed by atoms with Crippen LogP contribution in [0.15, 0.2) is 12.1 Å². The van der Waals surface area contributed by atoms with Crippen molar-refractivity contribution in [3.8, 4) is 5.75 Å². The van der Waals surface area contributed by atoms with E-state index in [1.165, 1.54) is 18.4 Å². The van der Waals surface area contributed by atoms with E-state index >= 15 is 0 Å². The summed E-state index contributed by atoms with van der Waals surface area (Å²) in [6.07, 6.45) is 4.05. The largest absolute Gasteiger partial charge is 0.508 e. The second-order valence-corrected chi connectivity index (χ2v) is 8.72. The highest BCUT2D eigenvalue weighted by Gasteiger charge is 2.51. The molecule has 0 bridgehead atoms. The van der Waals surface area contributed by atoms with E-state index in [0.717, 1.165) is 24.0 Å². The summed E-state index contributed by atoms with van der Waals surface area (Å²) in [7, 11) is 0. The van der Waals surface area contributed by atoms with Gasteiger partial charge in [-0.25, -0.2) is 0 Å². The third kappa shape index (κ3) is 2.19. The summed E-state index contributed by atoms with van der Waals surface area (Å²) < 4.78 is 0. The van der Waals surface area contributed by atoms with E-state index in [4.69, 9.17) is 0 Å². The lowest BCUT2D eigenvalue weighted by atomic mass is 9.50. The quantitative estimate of drug-likeness (QED) is 0.763. The van der Waals surface area contributed by atoms with Gasteiger partial charge in [0.1, 0.15) is 5.75 Å². The van der Waals surface area contributed by atoms with Crippen LogP contribution >= 0.6 is 0 Å². The summed E-state index contributed by atoms with van der Waals surface area (Å²) in [6.45, 7) is 11.2. The lowest BCUT2D eigenvalue weighted by Crippen LogP contribution is -2.48. The molecule has 3 rings (SSSR count). The molecular weight excluding hydrogens is 272 g/mol. The molecule has 0 amide bonds. The molecule has 0 saturated heterocycles. The van der Waals surface area contributed by atoms with Crippen molar-refractivity contribution in [3.63, 3.8) is 0 Å². The number of phenols is 1. The lowest BCUT2D eigenvalue weighted by Gasteiger charge is -2.55. The summed E-state index contributed by atoms with van der Waals surface area (Å²) in [5.41, 5.74) is 3.51. The molecule has 0 heterocycles. The summed E-state index contributed by atoms with van der Waals surface area (Å²) in [4.78, 5) is 0. The minimum absolute atomic E-state index is 0.0727. The normalized spacial score (nSPS) is 33.4. The van der Waals surface area contributed by atoms with Crippen molar-refractivity contribution in [2.75, 3.05) is 0 Å². The van der Waals surface area contributed by atoms with Gasteiger partial charge in [-0.2, -0.15) is 0 Å². The average Bonchev–Trinajstić information content (AvgIpc) is 2.41. The van der Waals surface area contributed by atoms with Gasteiger partial charge in [-0.05, 0) is 70.8 Å². The van der Waals surface area contributed by atoms with Crippen molar-refractivity contribution in [2.24, 2.45) is 11.3 Å². The number of benzene rings is 1. The Morgan fingerprint density at radius 2 is 1.82 bits per heavy atom. The Balaban J connectivity index is 2.18. The summed E-state index contributed by atoms with van der Waals surface area (Å²) >= 11 is 0. The Morgan fingerprint density at radius 3 is 2.45 bits per heavy atom. The van der Waals surface area contributed by atoms with Crippen LogP contribution in [0.1, 0.15) is 89.0 Å². The molecule has 1 aromatic carbocycles. The van der Waals surface area contributed by atoms with Crippen molar-refractivity contribution in [1.82, 2.24) is 0 Å². The van der Waals surface area contributed by atoms with Gasteiger partial charge >= 0.3 is 0 Å². The van der Waals surface area contributed by atoms with Crippen molar-refractivity contribution < 1.29 is 10.2 Å². The van der Waals surface area contributed by atoms with Crippen LogP contribution in [-0.2, 0) is 5.41 Å². The molecule has 22 heavy (non-hydrogen) atoms. The van der Waals surface area contributed by atoms with Crippen LogP contribution in [0.5, 0.6) is 5.75 Å². The molecule has 0 aromatic heterocycles. The van der Waals surface area contributed by atoms with E-state index in [1.807, 2.05) is 6.07 Å². The molecule has 2 N–H and O–H groups in total. The predicted molar refractivity (Wildman–Crippen MR) is 90.2 cm³/mol. The number of aromatic hydroxyl groups is 1. The molecule has 0 aliphatic heterocycles. The topological polar surface area (TPSA) is 40.5 Å². The van der Waals surface area contributed by atoms with Crippen molar-refractivity contribution in [3.05, 3.63) is 28.8 Å². The number of hydrogen-bond acceptors (Lipinski definition) is 2. The Kier molecular flexibility index (Phi) is 3.60. The van der Waals surface area contributed by atoms with Gasteiger partial charge in [-0.1, -0.05) is 41.0 Å². The number of fused-ring (bicyclic) bond motifs is 3. The highest BCUT2D eigenvalue weighted by atomic mass is 16.3. The van der Waals surface area contributed by atoms with Crippen molar-refractivity contribution in [2.45, 2.75) is 77.7 Å². The minimum atomic E-state index is -0.399. The molecule has 3 atom stereocenters. The summed E-state index contributed by atoms with van der Waals surface area (Å²) in [5, 5.41) is 21.2. The fraction of sp³-hybridized carbons (Fsp3) is 0.700. The van der Waals surface area contributed by atoms with E-state index in [-0.39, 0.29) is 16.7 Å². The predicted octanol–water partition coefficient (Wildman–Crippen LogP) is 5.04. The number of rotatable bonds is 1. The number of hydrogen-bond donors (Lipinski definition) is 2. The van der Waals surface area contributed by atoms with E-state index in [9.17, 15) is 10.2 Å². The molecule has 1 saturated carbocycles. The Morgan fingerprint density at radius 1 is 1.14 bits per heavy atom. The van der Waals surface area contributed by atoms with Crippen LogP contribution in [0.3, 0.4) is 0 Å².